The second kappa shape index (κ2) is 9.78. The minimum Gasteiger partial charge on any atom is -0.466 e. The first-order valence-corrected chi connectivity index (χ1v) is 10.9. The first-order valence-electron chi connectivity index (χ1n) is 10.1. The van der Waals surface area contributed by atoms with Crippen molar-refractivity contribution in [3.8, 4) is 0 Å². The number of hydrogen-bond donors (Lipinski definition) is 1. The topological polar surface area (TPSA) is 80.8 Å². The molecule has 0 radical (unpaired) electrons. The van der Waals surface area contributed by atoms with Gasteiger partial charge in [-0.1, -0.05) is 0 Å². The van der Waals surface area contributed by atoms with Gasteiger partial charge >= 0.3 is 12.1 Å². The van der Waals surface area contributed by atoms with Crippen molar-refractivity contribution in [1.29, 1.82) is 0 Å². The van der Waals surface area contributed by atoms with E-state index in [1.165, 1.54) is 0 Å². The number of ether oxygens (including phenoxy) is 2. The molecule has 1 aromatic rings. The lowest BCUT2D eigenvalue weighted by Gasteiger charge is -2.40. The van der Waals surface area contributed by atoms with E-state index in [1.807, 2.05) is 46.8 Å². The Labute approximate surface area is 181 Å². The number of halogens is 1. The minimum atomic E-state index is -0.599. The quantitative estimate of drug-likeness (QED) is 0.486. The molecular weight excluding hydrogens is 438 g/mol. The summed E-state index contributed by atoms with van der Waals surface area (Å²) < 4.78 is 11.6. The van der Waals surface area contributed by atoms with Gasteiger partial charge in [-0.05, 0) is 81.9 Å². The molecule has 1 aromatic heterocycles. The van der Waals surface area contributed by atoms with Gasteiger partial charge in [-0.25, -0.2) is 9.78 Å². The van der Waals surface area contributed by atoms with Crippen molar-refractivity contribution < 1.29 is 19.1 Å². The lowest BCUT2D eigenvalue weighted by molar-refractivity contribution is -0.159. The van der Waals surface area contributed by atoms with Crippen LogP contribution >= 0.6 is 15.9 Å². The fourth-order valence-electron chi connectivity index (χ4n) is 3.44. The van der Waals surface area contributed by atoms with Gasteiger partial charge < -0.3 is 19.7 Å². The fraction of sp³-hybridized carbons (Fsp3) is 0.667. The molecule has 0 bridgehead atoms. The zero-order valence-corrected chi connectivity index (χ0v) is 19.6. The molecule has 8 heteroatoms. The summed E-state index contributed by atoms with van der Waals surface area (Å²) in [5.41, 5.74) is 0.702. The summed E-state index contributed by atoms with van der Waals surface area (Å²) in [7, 11) is 0. The Morgan fingerprint density at radius 3 is 2.48 bits per heavy atom. The summed E-state index contributed by atoms with van der Waals surface area (Å²) in [6.07, 6.45) is 1.42. The number of anilines is 1. The third-order valence-electron chi connectivity index (χ3n) is 5.05. The number of aromatic nitrogens is 1. The van der Waals surface area contributed by atoms with E-state index in [2.05, 4.69) is 26.2 Å². The minimum absolute atomic E-state index is 0.184. The van der Waals surface area contributed by atoms with Gasteiger partial charge in [0.15, 0.2) is 0 Å². The van der Waals surface area contributed by atoms with Crippen molar-refractivity contribution >= 4 is 33.7 Å². The summed E-state index contributed by atoms with van der Waals surface area (Å²) in [5.74, 6) is -0.184. The number of pyridine rings is 1. The van der Waals surface area contributed by atoms with Gasteiger partial charge in [0.2, 0.25) is 0 Å². The summed E-state index contributed by atoms with van der Waals surface area (Å²) in [6, 6.07) is 3.85. The predicted molar refractivity (Wildman–Crippen MR) is 116 cm³/mol. The number of esters is 1. The maximum absolute atomic E-state index is 12.8. The summed E-state index contributed by atoms with van der Waals surface area (Å²) in [6.45, 7) is 11.2. The van der Waals surface area contributed by atoms with Crippen molar-refractivity contribution in [3.05, 3.63) is 22.4 Å². The van der Waals surface area contributed by atoms with Gasteiger partial charge in [0.05, 0.1) is 23.4 Å². The van der Waals surface area contributed by atoms with Crippen LogP contribution in [-0.2, 0) is 14.3 Å². The molecule has 0 aromatic carbocycles. The highest BCUT2D eigenvalue weighted by molar-refractivity contribution is 9.10. The van der Waals surface area contributed by atoms with Crippen LogP contribution in [0.1, 0.15) is 52.7 Å². The highest BCUT2D eigenvalue weighted by atomic mass is 79.9. The molecule has 0 aliphatic carbocycles. The lowest BCUT2D eigenvalue weighted by atomic mass is 9.75. The van der Waals surface area contributed by atoms with Crippen LogP contribution in [0.25, 0.3) is 0 Å². The van der Waals surface area contributed by atoms with Crippen LogP contribution in [0, 0.1) is 12.3 Å². The summed E-state index contributed by atoms with van der Waals surface area (Å²) in [5, 5.41) is 3.38. The molecular formula is C21H32BrN3O4. The largest absolute Gasteiger partial charge is 0.466 e. The zero-order chi connectivity index (χ0) is 21.7. The molecule has 162 valence electrons. The van der Waals surface area contributed by atoms with Crippen LogP contribution in [0.4, 0.5) is 10.5 Å². The van der Waals surface area contributed by atoms with Crippen LogP contribution in [-0.4, -0.2) is 53.8 Å². The van der Waals surface area contributed by atoms with Gasteiger partial charge in [0, 0.05) is 19.6 Å². The highest BCUT2D eigenvalue weighted by Gasteiger charge is 2.43. The zero-order valence-electron chi connectivity index (χ0n) is 18.0. The predicted octanol–water partition coefficient (Wildman–Crippen LogP) is 4.53. The van der Waals surface area contributed by atoms with E-state index in [9.17, 15) is 9.59 Å². The monoisotopic (exact) mass is 469 g/mol. The average molecular weight is 470 g/mol. The van der Waals surface area contributed by atoms with E-state index in [1.54, 1.807) is 4.90 Å². The molecule has 1 fully saturated rings. The Morgan fingerprint density at radius 1 is 1.28 bits per heavy atom. The summed E-state index contributed by atoms with van der Waals surface area (Å²) >= 11 is 3.36. The molecule has 2 rings (SSSR count). The maximum atomic E-state index is 12.8. The smallest absolute Gasteiger partial charge is 0.410 e. The van der Waals surface area contributed by atoms with E-state index >= 15 is 0 Å². The molecule has 1 amide bonds. The van der Waals surface area contributed by atoms with E-state index < -0.39 is 11.0 Å². The highest BCUT2D eigenvalue weighted by Crippen LogP contribution is 2.37. The Kier molecular flexibility index (Phi) is 7.91. The number of piperidine rings is 1. The van der Waals surface area contributed by atoms with E-state index in [4.69, 9.17) is 9.47 Å². The van der Waals surface area contributed by atoms with Gasteiger partial charge in [-0.2, -0.15) is 0 Å². The number of hydrogen-bond acceptors (Lipinski definition) is 6. The number of amides is 1. The maximum Gasteiger partial charge on any atom is 0.410 e. The van der Waals surface area contributed by atoms with Crippen molar-refractivity contribution in [2.75, 3.05) is 31.6 Å². The third-order valence-corrected chi connectivity index (χ3v) is 5.49. The van der Waals surface area contributed by atoms with Crippen LogP contribution in [0.3, 0.4) is 0 Å². The van der Waals surface area contributed by atoms with Gasteiger partial charge in [-0.3, -0.25) is 4.79 Å². The molecule has 0 unspecified atom stereocenters. The molecule has 2 heterocycles. The SMILES string of the molecule is CCOC(=O)C1(CCNc2ccc(Br)nc2C)CCN(C(=O)OC(C)(C)C)CC1. The number of rotatable bonds is 6. The van der Waals surface area contributed by atoms with Gasteiger partial charge in [-0.15, -0.1) is 0 Å². The Hall–Kier alpha value is -1.83. The average Bonchev–Trinajstić information content (AvgIpc) is 2.63. The van der Waals surface area contributed by atoms with Crippen molar-refractivity contribution in [3.63, 3.8) is 0 Å². The Balaban J connectivity index is 2.01. The second-order valence-corrected chi connectivity index (χ2v) is 9.22. The first kappa shape index (κ1) is 23.4. The number of aryl methyl sites for hydroxylation is 1. The van der Waals surface area contributed by atoms with Gasteiger partial charge in [0.1, 0.15) is 10.2 Å². The number of carbonyl (C=O) groups excluding carboxylic acids is 2. The summed E-state index contributed by atoms with van der Waals surface area (Å²) in [4.78, 5) is 31.2. The number of nitrogens with zero attached hydrogens (tertiary/aromatic N) is 2. The number of nitrogens with one attached hydrogen (secondary N) is 1. The molecule has 0 spiro atoms. The third kappa shape index (κ3) is 6.59. The van der Waals surface area contributed by atoms with Crippen LogP contribution in [0.5, 0.6) is 0 Å². The first-order chi connectivity index (χ1) is 13.6. The van der Waals surface area contributed by atoms with Gasteiger partial charge in [0.25, 0.3) is 0 Å². The molecule has 29 heavy (non-hydrogen) atoms. The molecule has 1 N–H and O–H groups in total. The van der Waals surface area contributed by atoms with E-state index in [0.717, 1.165) is 16.0 Å². The molecule has 1 aliphatic heterocycles. The normalized spacial score (nSPS) is 16.3. The Morgan fingerprint density at radius 2 is 1.93 bits per heavy atom. The Bertz CT molecular complexity index is 725. The number of carbonyl (C=O) groups is 2. The van der Waals surface area contributed by atoms with E-state index in [0.29, 0.717) is 45.5 Å². The van der Waals surface area contributed by atoms with Crippen molar-refractivity contribution in [1.82, 2.24) is 9.88 Å². The van der Waals surface area contributed by atoms with Crippen molar-refractivity contribution in [2.24, 2.45) is 5.41 Å². The van der Waals surface area contributed by atoms with E-state index in [-0.39, 0.29) is 12.1 Å². The van der Waals surface area contributed by atoms with Crippen LogP contribution in [0.15, 0.2) is 16.7 Å². The van der Waals surface area contributed by atoms with Crippen molar-refractivity contribution in [2.45, 2.75) is 59.5 Å². The molecule has 7 nitrogen and oxygen atoms in total. The lowest BCUT2D eigenvalue weighted by Crippen LogP contribution is -2.49. The molecule has 0 saturated carbocycles. The van der Waals surface area contributed by atoms with Crippen LogP contribution in [0.2, 0.25) is 0 Å². The molecule has 1 aliphatic rings. The van der Waals surface area contributed by atoms with Crippen LogP contribution < -0.4 is 5.32 Å². The standard InChI is InChI=1S/C21H32BrN3O4/c1-6-28-18(26)21(9-12-23-16-7-8-17(22)24-15(16)2)10-13-25(14-11-21)19(27)29-20(3,4)5/h7-8,23H,6,9-14H2,1-5H3. The molecule has 1 saturated heterocycles. The fourth-order valence-corrected chi connectivity index (χ4v) is 3.84. The molecule has 0 atom stereocenters. The second-order valence-electron chi connectivity index (χ2n) is 8.41. The number of likely N-dealkylation sites (tertiary alicyclic amines) is 1.